The molecule has 0 aromatic heterocycles. The number of carbonyl (C=O) groups excluding carboxylic acids is 3. The zero-order chi connectivity index (χ0) is 23.3. The van der Waals surface area contributed by atoms with Gasteiger partial charge in [0.2, 0.25) is 0 Å². The molecule has 0 aliphatic carbocycles. The number of amides is 3. The zero-order valence-electron chi connectivity index (χ0n) is 18.0. The number of methoxy groups -OCH3 is 2. The zero-order valence-corrected chi connectivity index (χ0v) is 19.6. The normalized spacial score (nSPS) is 13.7. The molecular weight excluding hydrogens is 488 g/mol. The first-order valence-corrected chi connectivity index (χ1v) is 10.7. The van der Waals surface area contributed by atoms with Gasteiger partial charge in [0, 0.05) is 33.4 Å². The Morgan fingerprint density at radius 1 is 1.22 bits per heavy atom. The molecule has 0 unspecified atom stereocenters. The van der Waals surface area contributed by atoms with E-state index in [1.54, 1.807) is 24.1 Å². The third kappa shape index (κ3) is 8.09. The van der Waals surface area contributed by atoms with Crippen LogP contribution in [0.15, 0.2) is 21.7 Å². The van der Waals surface area contributed by atoms with Crippen LogP contribution in [0.25, 0.3) is 0 Å². The molecule has 1 aromatic rings. The van der Waals surface area contributed by atoms with E-state index >= 15 is 0 Å². The second-order valence-electron chi connectivity index (χ2n) is 6.62. The van der Waals surface area contributed by atoms with Crippen LogP contribution in [0.1, 0.15) is 12.0 Å². The van der Waals surface area contributed by atoms with Crippen molar-refractivity contribution in [3.05, 3.63) is 22.2 Å². The van der Waals surface area contributed by atoms with Gasteiger partial charge in [-0.2, -0.15) is 5.10 Å². The molecule has 3 amide bonds. The van der Waals surface area contributed by atoms with E-state index in [1.165, 1.54) is 13.3 Å². The molecule has 0 bridgehead atoms. The average Bonchev–Trinajstić information content (AvgIpc) is 2.80. The van der Waals surface area contributed by atoms with Crippen LogP contribution < -0.4 is 20.2 Å². The first-order chi connectivity index (χ1) is 15.5. The summed E-state index contributed by atoms with van der Waals surface area (Å²) >= 11 is 3.40. The number of benzene rings is 1. The van der Waals surface area contributed by atoms with Crippen LogP contribution in [0, 0.1) is 0 Å². The van der Waals surface area contributed by atoms with Crippen LogP contribution in [0.2, 0.25) is 0 Å². The molecule has 1 saturated heterocycles. The summed E-state index contributed by atoms with van der Waals surface area (Å²) in [6.07, 6.45) is 1.95. The first kappa shape index (κ1) is 25.6. The lowest BCUT2D eigenvalue weighted by Gasteiger charge is -2.26. The molecule has 2 rings (SSSR count). The fraction of sp³-hybridized carbons (Fsp3) is 0.500. The van der Waals surface area contributed by atoms with Gasteiger partial charge in [0.25, 0.3) is 5.91 Å². The van der Waals surface area contributed by atoms with Crippen LogP contribution in [-0.4, -0.2) is 89.1 Å². The molecule has 1 fully saturated rings. The van der Waals surface area contributed by atoms with Crippen molar-refractivity contribution in [2.24, 2.45) is 5.10 Å². The van der Waals surface area contributed by atoms with Gasteiger partial charge in [0.05, 0.1) is 31.0 Å². The van der Waals surface area contributed by atoms with E-state index in [1.807, 2.05) is 0 Å². The largest absolute Gasteiger partial charge is 0.493 e. The van der Waals surface area contributed by atoms with Gasteiger partial charge in [0.15, 0.2) is 18.1 Å². The number of nitrogens with zero attached hydrogens (tertiary/aromatic N) is 2. The van der Waals surface area contributed by atoms with Crippen molar-refractivity contribution in [2.75, 3.05) is 60.3 Å². The van der Waals surface area contributed by atoms with E-state index in [0.717, 1.165) is 0 Å². The highest BCUT2D eigenvalue weighted by Crippen LogP contribution is 2.36. The van der Waals surface area contributed by atoms with Crippen molar-refractivity contribution < 1.29 is 33.3 Å². The van der Waals surface area contributed by atoms with E-state index in [2.05, 4.69) is 31.8 Å². The monoisotopic (exact) mass is 514 g/mol. The number of hydrogen-bond acceptors (Lipinski definition) is 8. The molecular formula is C20H27BrN4O7. The van der Waals surface area contributed by atoms with E-state index in [4.69, 9.17) is 18.9 Å². The van der Waals surface area contributed by atoms with Crippen LogP contribution in [0.3, 0.4) is 0 Å². The van der Waals surface area contributed by atoms with Gasteiger partial charge in [-0.15, -0.1) is 0 Å². The molecule has 0 saturated carbocycles. The second-order valence-corrected chi connectivity index (χ2v) is 7.47. The fourth-order valence-electron chi connectivity index (χ4n) is 2.71. The number of carbonyl (C=O) groups is 3. The van der Waals surface area contributed by atoms with Crippen molar-refractivity contribution in [3.63, 3.8) is 0 Å². The quantitative estimate of drug-likeness (QED) is 0.199. The summed E-state index contributed by atoms with van der Waals surface area (Å²) in [5.41, 5.74) is 2.73. The number of ether oxygens (including phenoxy) is 4. The molecule has 0 atom stereocenters. The highest BCUT2D eigenvalue weighted by molar-refractivity contribution is 9.10. The highest BCUT2D eigenvalue weighted by atomic mass is 79.9. The summed E-state index contributed by atoms with van der Waals surface area (Å²) in [6, 6.07) is 3.30. The molecule has 1 aliphatic rings. The highest BCUT2D eigenvalue weighted by Gasteiger charge is 2.19. The Morgan fingerprint density at radius 2 is 1.97 bits per heavy atom. The average molecular weight is 515 g/mol. The van der Waals surface area contributed by atoms with Crippen LogP contribution in [-0.2, 0) is 23.9 Å². The Balaban J connectivity index is 1.91. The first-order valence-electron chi connectivity index (χ1n) is 9.92. The lowest BCUT2D eigenvalue weighted by molar-refractivity contribution is -0.139. The summed E-state index contributed by atoms with van der Waals surface area (Å²) in [5.74, 6) is -1.07. The summed E-state index contributed by atoms with van der Waals surface area (Å²) in [5, 5.41) is 6.25. The third-order valence-electron chi connectivity index (χ3n) is 4.35. The molecule has 0 spiro atoms. The smallest absolute Gasteiger partial charge is 0.329 e. The Hall–Kier alpha value is -2.70. The van der Waals surface area contributed by atoms with E-state index in [0.29, 0.717) is 67.4 Å². The van der Waals surface area contributed by atoms with Crippen molar-refractivity contribution in [1.29, 1.82) is 0 Å². The number of hydrogen-bond donors (Lipinski definition) is 2. The number of halogens is 1. The number of nitrogens with one attached hydrogen (secondary N) is 2. The summed E-state index contributed by atoms with van der Waals surface area (Å²) in [4.78, 5) is 37.4. The molecule has 1 aromatic carbocycles. The van der Waals surface area contributed by atoms with Crippen LogP contribution in [0.4, 0.5) is 0 Å². The fourth-order valence-corrected chi connectivity index (χ4v) is 3.28. The van der Waals surface area contributed by atoms with Crippen LogP contribution in [0.5, 0.6) is 11.5 Å². The van der Waals surface area contributed by atoms with E-state index in [9.17, 15) is 14.4 Å². The van der Waals surface area contributed by atoms with Gasteiger partial charge in [-0.1, -0.05) is 0 Å². The topological polar surface area (TPSA) is 128 Å². The van der Waals surface area contributed by atoms with E-state index < -0.39 is 11.8 Å². The molecule has 1 heterocycles. The number of hydrazone groups is 1. The van der Waals surface area contributed by atoms with Crippen molar-refractivity contribution in [2.45, 2.75) is 6.42 Å². The van der Waals surface area contributed by atoms with Gasteiger partial charge in [-0.25, -0.2) is 5.43 Å². The Morgan fingerprint density at radius 3 is 2.66 bits per heavy atom. The van der Waals surface area contributed by atoms with Crippen LogP contribution >= 0.6 is 15.9 Å². The lowest BCUT2D eigenvalue weighted by Crippen LogP contribution is -2.43. The van der Waals surface area contributed by atoms with Crippen molar-refractivity contribution in [3.8, 4) is 11.5 Å². The third-order valence-corrected chi connectivity index (χ3v) is 4.94. The maximum Gasteiger partial charge on any atom is 0.329 e. The molecule has 11 nitrogen and oxygen atoms in total. The molecule has 32 heavy (non-hydrogen) atoms. The molecule has 12 heteroatoms. The van der Waals surface area contributed by atoms with Gasteiger partial charge in [0.1, 0.15) is 0 Å². The number of rotatable bonds is 10. The Kier molecular flexibility index (Phi) is 10.9. The summed E-state index contributed by atoms with van der Waals surface area (Å²) in [6.45, 7) is 2.76. The summed E-state index contributed by atoms with van der Waals surface area (Å²) < 4.78 is 21.7. The molecule has 0 radical (unpaired) electrons. The van der Waals surface area contributed by atoms with Gasteiger partial charge >= 0.3 is 11.8 Å². The SMILES string of the molecule is COCCCNC(=O)C(=O)N/N=C\c1cc(Br)c(OCC(=O)N2CCOCC2)c(OC)c1. The minimum atomic E-state index is -0.883. The minimum Gasteiger partial charge on any atom is -0.493 e. The van der Waals surface area contributed by atoms with E-state index in [-0.39, 0.29) is 12.5 Å². The predicted octanol–water partition coefficient (Wildman–Crippen LogP) is 0.298. The molecule has 1 aliphatic heterocycles. The van der Waals surface area contributed by atoms with Crippen molar-refractivity contribution >= 4 is 39.9 Å². The standard InChI is InChI=1S/C20H27BrN4O7/c1-29-7-3-4-22-19(27)20(28)24-23-12-14-10-15(21)18(16(11-14)30-2)32-13-17(26)25-5-8-31-9-6-25/h10-12H,3-9,13H2,1-2H3,(H,22,27)(H,24,28)/b23-12-. The molecule has 2 N–H and O–H groups in total. The Bertz CT molecular complexity index is 828. The Labute approximate surface area is 194 Å². The predicted molar refractivity (Wildman–Crippen MR) is 119 cm³/mol. The maximum absolute atomic E-state index is 12.3. The van der Waals surface area contributed by atoms with Gasteiger partial charge in [-0.05, 0) is 40.0 Å². The number of morpholine rings is 1. The molecule has 176 valence electrons. The maximum atomic E-state index is 12.3. The van der Waals surface area contributed by atoms with Crippen molar-refractivity contribution in [1.82, 2.24) is 15.6 Å². The minimum absolute atomic E-state index is 0.141. The second kappa shape index (κ2) is 13.7. The summed E-state index contributed by atoms with van der Waals surface area (Å²) in [7, 11) is 3.02. The van der Waals surface area contributed by atoms with Gasteiger partial charge < -0.3 is 29.2 Å². The lowest BCUT2D eigenvalue weighted by atomic mass is 10.2. The van der Waals surface area contributed by atoms with Gasteiger partial charge in [-0.3, -0.25) is 14.4 Å².